The third-order valence-electron chi connectivity index (χ3n) is 12.0. The van der Waals surface area contributed by atoms with E-state index >= 15 is 4.39 Å². The highest BCUT2D eigenvalue weighted by molar-refractivity contribution is 7.91. The Morgan fingerprint density at radius 1 is 1.14 bits per heavy atom. The maximum atomic E-state index is 15.3. The Balaban J connectivity index is 1.24. The van der Waals surface area contributed by atoms with Crippen LogP contribution < -0.4 is 29.7 Å². The number of hydrogen-bond donors (Lipinski definition) is 4. The molecule has 3 aliphatic heterocycles. The van der Waals surface area contributed by atoms with Gasteiger partial charge in [-0.2, -0.15) is 0 Å². The molecule has 4 amide bonds. The van der Waals surface area contributed by atoms with Crippen LogP contribution in [0.1, 0.15) is 65.2 Å². The first-order chi connectivity index (χ1) is 27.2. The van der Waals surface area contributed by atoms with E-state index in [9.17, 15) is 32.7 Å². The second kappa shape index (κ2) is 16.3. The van der Waals surface area contributed by atoms with Crippen LogP contribution in [0.5, 0.6) is 11.6 Å². The molecule has 4 fully saturated rings. The van der Waals surface area contributed by atoms with Gasteiger partial charge in [-0.05, 0) is 62.5 Å². The number of rotatable bonds is 9. The van der Waals surface area contributed by atoms with E-state index < -0.39 is 80.5 Å². The number of nitrogens with one attached hydrogen (secondary N) is 3. The van der Waals surface area contributed by atoms with Crippen molar-refractivity contribution in [2.24, 2.45) is 17.8 Å². The number of amides is 4. The van der Waals surface area contributed by atoms with Crippen molar-refractivity contribution in [1.29, 1.82) is 0 Å². The maximum Gasteiger partial charge on any atom is 0.405 e. The van der Waals surface area contributed by atoms with Gasteiger partial charge in [-0.15, -0.1) is 0 Å². The van der Waals surface area contributed by atoms with Gasteiger partial charge in [0.1, 0.15) is 23.7 Å². The summed E-state index contributed by atoms with van der Waals surface area (Å²) in [5.41, 5.74) is -0.862. The van der Waals surface area contributed by atoms with E-state index in [1.165, 1.54) is 18.1 Å². The zero-order valence-corrected chi connectivity index (χ0v) is 33.2. The molecule has 310 valence electrons. The lowest BCUT2D eigenvalue weighted by molar-refractivity contribution is -0.142. The van der Waals surface area contributed by atoms with E-state index in [4.69, 9.17) is 14.2 Å². The molecule has 1 aromatic heterocycles. The molecule has 2 saturated heterocycles. The number of nitrogens with zero attached hydrogens (tertiary/aromatic N) is 3. The number of carboxylic acid groups (broad SMARTS) is 1. The minimum Gasteiger partial charge on any atom is -0.494 e. The van der Waals surface area contributed by atoms with Gasteiger partial charge in [0.15, 0.2) is 11.6 Å². The molecule has 18 heteroatoms. The topological polar surface area (TPSA) is 206 Å². The first-order valence-corrected chi connectivity index (χ1v) is 21.3. The summed E-state index contributed by atoms with van der Waals surface area (Å²) in [6.07, 6.45) is 6.39. The number of allylic oxidation sites excluding steroid dienone is 1. The molecule has 0 radical (unpaired) electrons. The SMILES string of the molecule is CC[C@@H]1C[C@H](C)CCC=C[C@@H]2C[C@@]2(C(=O)NS(=O)(=O)C2CC2)NC(=O)[C@@H]2C[C@@H](Oc3ncc(N4CCOCC4)c4cc(OC)c(F)cc34)CN2C(=O)[C@H]1NC(=O)O. The van der Waals surface area contributed by atoms with Crippen LogP contribution in [0.15, 0.2) is 30.5 Å². The molecule has 2 aliphatic carbocycles. The molecule has 2 saturated carbocycles. The number of fused-ring (bicyclic) bond motifs is 3. The largest absolute Gasteiger partial charge is 0.494 e. The Bertz CT molecular complexity index is 2040. The molecule has 7 atom stereocenters. The number of halogens is 1. The number of hydrogen-bond acceptors (Lipinski definition) is 11. The van der Waals surface area contributed by atoms with Crippen molar-refractivity contribution < 1.29 is 51.3 Å². The highest BCUT2D eigenvalue weighted by Gasteiger charge is 2.62. The monoisotopic (exact) mass is 814 g/mol. The van der Waals surface area contributed by atoms with Crippen molar-refractivity contribution in [3.05, 3.63) is 36.3 Å². The van der Waals surface area contributed by atoms with Crippen LogP contribution in [0.3, 0.4) is 0 Å². The highest BCUT2D eigenvalue weighted by atomic mass is 32.2. The third-order valence-corrected chi connectivity index (χ3v) is 13.8. The Hall–Kier alpha value is -4.71. The Morgan fingerprint density at radius 3 is 2.58 bits per heavy atom. The molecule has 0 bridgehead atoms. The van der Waals surface area contributed by atoms with E-state index in [-0.39, 0.29) is 36.9 Å². The molecule has 7 rings (SSSR count). The first-order valence-electron chi connectivity index (χ1n) is 19.7. The number of anilines is 1. The third kappa shape index (κ3) is 8.47. The number of pyridine rings is 1. The summed E-state index contributed by atoms with van der Waals surface area (Å²) >= 11 is 0. The van der Waals surface area contributed by atoms with Gasteiger partial charge in [-0.3, -0.25) is 19.1 Å². The van der Waals surface area contributed by atoms with E-state index in [0.717, 1.165) is 12.1 Å². The number of carbonyl (C=O) groups is 4. The lowest BCUT2D eigenvalue weighted by Gasteiger charge is -2.33. The molecule has 2 aromatic rings. The van der Waals surface area contributed by atoms with Gasteiger partial charge in [0.05, 0.1) is 44.0 Å². The predicted molar refractivity (Wildman–Crippen MR) is 206 cm³/mol. The van der Waals surface area contributed by atoms with Crippen LogP contribution in [0.2, 0.25) is 0 Å². The van der Waals surface area contributed by atoms with Gasteiger partial charge < -0.3 is 39.8 Å². The van der Waals surface area contributed by atoms with Gasteiger partial charge in [0, 0.05) is 36.2 Å². The van der Waals surface area contributed by atoms with Crippen molar-refractivity contribution in [1.82, 2.24) is 25.2 Å². The van der Waals surface area contributed by atoms with Gasteiger partial charge in [-0.25, -0.2) is 22.6 Å². The van der Waals surface area contributed by atoms with E-state index in [2.05, 4.69) is 25.2 Å². The van der Waals surface area contributed by atoms with Crippen molar-refractivity contribution >= 4 is 50.3 Å². The van der Waals surface area contributed by atoms with E-state index in [1.54, 1.807) is 12.3 Å². The van der Waals surface area contributed by atoms with Crippen LogP contribution in [-0.2, 0) is 29.1 Å². The molecular formula is C39H51FN6O10S. The fraction of sp³-hybridized carbons (Fsp3) is 0.615. The fourth-order valence-electron chi connectivity index (χ4n) is 8.51. The molecule has 4 heterocycles. The molecule has 1 aromatic carbocycles. The molecule has 4 N–H and O–H groups in total. The summed E-state index contributed by atoms with van der Waals surface area (Å²) in [4.78, 5) is 63.0. The van der Waals surface area contributed by atoms with Crippen molar-refractivity contribution in [3.63, 3.8) is 0 Å². The number of sulfonamides is 1. The van der Waals surface area contributed by atoms with Crippen LogP contribution in [0, 0.1) is 23.6 Å². The number of ether oxygens (including phenoxy) is 3. The Kier molecular flexibility index (Phi) is 11.6. The normalized spacial score (nSPS) is 29.7. The minimum atomic E-state index is -3.95. The predicted octanol–water partition coefficient (Wildman–Crippen LogP) is 3.09. The molecule has 16 nitrogen and oxygen atoms in total. The number of benzene rings is 1. The second-order valence-corrected chi connectivity index (χ2v) is 17.9. The average molecular weight is 815 g/mol. The summed E-state index contributed by atoms with van der Waals surface area (Å²) in [7, 11) is -2.58. The molecule has 0 unspecified atom stereocenters. The van der Waals surface area contributed by atoms with Crippen molar-refractivity contribution in [2.75, 3.05) is 44.9 Å². The lowest BCUT2D eigenvalue weighted by atomic mass is 9.85. The number of carbonyl (C=O) groups excluding carboxylic acids is 3. The molecular weight excluding hydrogens is 764 g/mol. The smallest absolute Gasteiger partial charge is 0.405 e. The maximum absolute atomic E-state index is 15.3. The Morgan fingerprint density at radius 2 is 1.89 bits per heavy atom. The summed E-state index contributed by atoms with van der Waals surface area (Å²) in [5, 5.41) is 15.4. The number of aromatic nitrogens is 1. The lowest BCUT2D eigenvalue weighted by Crippen LogP contribution is -2.59. The van der Waals surface area contributed by atoms with Gasteiger partial charge in [0.25, 0.3) is 5.91 Å². The van der Waals surface area contributed by atoms with Crippen molar-refractivity contribution in [2.45, 2.75) is 94.2 Å². The Labute approximate surface area is 330 Å². The van der Waals surface area contributed by atoms with Gasteiger partial charge in [-0.1, -0.05) is 32.4 Å². The summed E-state index contributed by atoms with van der Waals surface area (Å²) in [6, 6.07) is 0.395. The molecule has 57 heavy (non-hydrogen) atoms. The minimum absolute atomic E-state index is 0.0242. The number of morpholine rings is 1. The average Bonchev–Trinajstić information content (AvgIpc) is 4.11. The fourth-order valence-corrected chi connectivity index (χ4v) is 9.88. The van der Waals surface area contributed by atoms with Crippen LogP contribution >= 0.6 is 0 Å². The van der Waals surface area contributed by atoms with Crippen LogP contribution in [0.4, 0.5) is 14.9 Å². The van der Waals surface area contributed by atoms with Crippen molar-refractivity contribution in [3.8, 4) is 11.6 Å². The first kappa shape index (κ1) is 40.5. The molecule has 0 spiro atoms. The van der Waals surface area contributed by atoms with Crippen LogP contribution in [-0.4, -0.2) is 116 Å². The molecule has 5 aliphatic rings. The summed E-state index contributed by atoms with van der Waals surface area (Å²) in [6.45, 7) is 5.91. The summed E-state index contributed by atoms with van der Waals surface area (Å²) < 4.78 is 60.5. The van der Waals surface area contributed by atoms with E-state index in [0.29, 0.717) is 69.2 Å². The van der Waals surface area contributed by atoms with Crippen LogP contribution in [0.25, 0.3) is 10.8 Å². The zero-order chi connectivity index (χ0) is 40.6. The second-order valence-electron chi connectivity index (χ2n) is 16.0. The quantitative estimate of drug-likeness (QED) is 0.270. The van der Waals surface area contributed by atoms with Gasteiger partial charge in [0.2, 0.25) is 27.7 Å². The number of methoxy groups -OCH3 is 1. The highest BCUT2D eigenvalue weighted by Crippen LogP contribution is 2.46. The zero-order valence-electron chi connectivity index (χ0n) is 32.4. The van der Waals surface area contributed by atoms with Gasteiger partial charge >= 0.3 is 6.09 Å². The van der Waals surface area contributed by atoms with E-state index in [1.807, 2.05) is 26.0 Å². The standard InChI is InChI=1S/C39H51FN6O10S/c1-4-23-15-22(2)7-5-6-8-24-19-39(24,37(49)44-57(52,53)26-9-10-26)43-34(47)30-16-25(21-46(30)36(48)33(23)42-38(50)51)56-35-28-17-29(40)32(54-3)18-27(28)31(20-41-35)45-11-13-55-14-12-45/h6,8,17-18,20,22-26,30,33,42H,4-5,7,9-16,19,21H2,1-3H3,(H,43,47)(H,44,49)(H,50,51)/t22-,23-,24-,25-,30+,33+,39-/m1/s1. The summed E-state index contributed by atoms with van der Waals surface area (Å²) in [5.74, 6) is -3.57.